The minimum Gasteiger partial charge on any atom is -0.493 e. The Kier molecular flexibility index (Phi) is 7.01. The van der Waals surface area contributed by atoms with Crippen molar-refractivity contribution in [3.05, 3.63) is 65.2 Å². The van der Waals surface area contributed by atoms with E-state index in [4.69, 9.17) is 25.8 Å². The molecule has 128 valence electrons. The van der Waals surface area contributed by atoms with Crippen LogP contribution in [0, 0.1) is 6.92 Å². The Balaban J connectivity index is 1.79. The van der Waals surface area contributed by atoms with Gasteiger partial charge >= 0.3 is 0 Å². The molecule has 0 saturated carbocycles. The summed E-state index contributed by atoms with van der Waals surface area (Å²) in [5.41, 5.74) is 2.16. The second-order valence-corrected chi connectivity index (χ2v) is 5.85. The zero-order chi connectivity index (χ0) is 17.4. The van der Waals surface area contributed by atoms with Crippen molar-refractivity contribution < 1.29 is 14.2 Å². The summed E-state index contributed by atoms with van der Waals surface area (Å²) < 4.78 is 16.9. The zero-order valence-electron chi connectivity index (χ0n) is 14.2. The molecule has 0 unspecified atom stereocenters. The van der Waals surface area contributed by atoms with E-state index in [0.29, 0.717) is 13.2 Å². The van der Waals surface area contributed by atoms with E-state index in [2.05, 4.69) is 6.58 Å². The van der Waals surface area contributed by atoms with E-state index >= 15 is 0 Å². The fourth-order valence-corrected chi connectivity index (χ4v) is 2.38. The van der Waals surface area contributed by atoms with E-state index in [1.807, 2.05) is 49.4 Å². The van der Waals surface area contributed by atoms with Crippen LogP contribution in [0.4, 0.5) is 0 Å². The molecule has 0 amide bonds. The number of benzene rings is 2. The molecular weight excluding hydrogens is 324 g/mol. The largest absolute Gasteiger partial charge is 0.493 e. The predicted octanol–water partition coefficient (Wildman–Crippen LogP) is 5.23. The minimum atomic E-state index is 0.559. The van der Waals surface area contributed by atoms with Crippen LogP contribution in [0.1, 0.15) is 17.5 Å². The highest BCUT2D eigenvalue weighted by Gasteiger charge is 2.05. The Labute approximate surface area is 148 Å². The van der Waals surface area contributed by atoms with Gasteiger partial charge in [0.2, 0.25) is 0 Å². The Morgan fingerprint density at radius 2 is 1.83 bits per heavy atom. The van der Waals surface area contributed by atoms with Gasteiger partial charge in [0.25, 0.3) is 0 Å². The number of hydrogen-bond acceptors (Lipinski definition) is 3. The summed E-state index contributed by atoms with van der Waals surface area (Å²) in [5.74, 6) is 2.31. The number of ether oxygens (including phenoxy) is 3. The standard InChI is InChI=1S/C20H23ClO3/c1-4-6-16-7-10-19(20(14-16)22-3)24-12-5-11-23-17-8-9-18(21)15(2)13-17/h4,7-10,13-14H,1,5-6,11-12H2,2-3H3. The summed E-state index contributed by atoms with van der Waals surface area (Å²) in [6.45, 7) is 6.85. The molecule has 3 nitrogen and oxygen atoms in total. The third-order valence-electron chi connectivity index (χ3n) is 3.55. The van der Waals surface area contributed by atoms with Crippen LogP contribution in [-0.2, 0) is 6.42 Å². The Bertz CT molecular complexity index is 683. The number of aryl methyl sites for hydroxylation is 1. The SMILES string of the molecule is C=CCc1ccc(OCCCOc2ccc(Cl)c(C)c2)c(OC)c1. The highest BCUT2D eigenvalue weighted by atomic mass is 35.5. The lowest BCUT2D eigenvalue weighted by molar-refractivity contribution is 0.240. The molecule has 0 aromatic heterocycles. The second kappa shape index (κ2) is 9.24. The molecule has 2 aromatic rings. The number of allylic oxidation sites excluding steroid dienone is 1. The molecule has 24 heavy (non-hydrogen) atoms. The molecule has 2 rings (SSSR count). The van der Waals surface area contributed by atoms with Crippen LogP contribution in [0.5, 0.6) is 17.2 Å². The van der Waals surface area contributed by atoms with Crippen molar-refractivity contribution in [1.82, 2.24) is 0 Å². The summed E-state index contributed by atoms with van der Waals surface area (Å²) in [6.07, 6.45) is 3.45. The maximum atomic E-state index is 6.00. The van der Waals surface area contributed by atoms with E-state index in [9.17, 15) is 0 Å². The van der Waals surface area contributed by atoms with Gasteiger partial charge in [-0.15, -0.1) is 6.58 Å². The lowest BCUT2D eigenvalue weighted by Gasteiger charge is -2.12. The van der Waals surface area contributed by atoms with Crippen LogP contribution in [-0.4, -0.2) is 20.3 Å². The molecule has 0 saturated heterocycles. The summed E-state index contributed by atoms with van der Waals surface area (Å²) >= 11 is 6.00. The van der Waals surface area contributed by atoms with Gasteiger partial charge in [0.15, 0.2) is 11.5 Å². The number of methoxy groups -OCH3 is 1. The van der Waals surface area contributed by atoms with Crippen LogP contribution < -0.4 is 14.2 Å². The number of rotatable bonds is 9. The van der Waals surface area contributed by atoms with Crippen LogP contribution in [0.25, 0.3) is 0 Å². The van der Waals surface area contributed by atoms with Crippen molar-refractivity contribution in [1.29, 1.82) is 0 Å². The molecule has 0 spiro atoms. The first-order chi connectivity index (χ1) is 11.6. The minimum absolute atomic E-state index is 0.559. The quantitative estimate of drug-likeness (QED) is 0.459. The molecule has 0 heterocycles. The van der Waals surface area contributed by atoms with Gasteiger partial charge in [0.1, 0.15) is 5.75 Å². The summed E-state index contributed by atoms with van der Waals surface area (Å²) in [7, 11) is 1.64. The van der Waals surface area contributed by atoms with Crippen LogP contribution in [0.15, 0.2) is 49.1 Å². The van der Waals surface area contributed by atoms with Gasteiger partial charge in [-0.2, -0.15) is 0 Å². The van der Waals surface area contributed by atoms with E-state index in [1.54, 1.807) is 7.11 Å². The maximum Gasteiger partial charge on any atom is 0.161 e. The maximum absolute atomic E-state index is 6.00. The van der Waals surface area contributed by atoms with Gasteiger partial charge in [0.05, 0.1) is 20.3 Å². The van der Waals surface area contributed by atoms with Crippen LogP contribution in [0.2, 0.25) is 5.02 Å². The summed E-state index contributed by atoms with van der Waals surface area (Å²) in [6, 6.07) is 11.6. The van der Waals surface area contributed by atoms with Gasteiger partial charge in [-0.05, 0) is 54.8 Å². The van der Waals surface area contributed by atoms with Crippen LogP contribution in [0.3, 0.4) is 0 Å². The van der Waals surface area contributed by atoms with E-state index < -0.39 is 0 Å². The smallest absolute Gasteiger partial charge is 0.161 e. The van der Waals surface area contributed by atoms with Gasteiger partial charge in [-0.1, -0.05) is 23.7 Å². The van der Waals surface area contributed by atoms with Crippen molar-refractivity contribution in [2.24, 2.45) is 0 Å². The lowest BCUT2D eigenvalue weighted by Crippen LogP contribution is -2.06. The monoisotopic (exact) mass is 346 g/mol. The van der Waals surface area contributed by atoms with Crippen molar-refractivity contribution in [3.8, 4) is 17.2 Å². The molecule has 4 heteroatoms. The molecule has 0 bridgehead atoms. The summed E-state index contributed by atoms with van der Waals surface area (Å²) in [4.78, 5) is 0. The van der Waals surface area contributed by atoms with Crippen molar-refractivity contribution in [2.75, 3.05) is 20.3 Å². The molecule has 0 N–H and O–H groups in total. The number of halogens is 1. The molecular formula is C20H23ClO3. The lowest BCUT2D eigenvalue weighted by atomic mass is 10.1. The van der Waals surface area contributed by atoms with Gasteiger partial charge < -0.3 is 14.2 Å². The van der Waals surface area contributed by atoms with Crippen molar-refractivity contribution >= 4 is 11.6 Å². The average Bonchev–Trinajstić information content (AvgIpc) is 2.59. The number of hydrogen-bond donors (Lipinski definition) is 0. The topological polar surface area (TPSA) is 27.7 Å². The van der Waals surface area contributed by atoms with E-state index in [-0.39, 0.29) is 0 Å². The predicted molar refractivity (Wildman–Crippen MR) is 98.7 cm³/mol. The molecule has 0 fully saturated rings. The average molecular weight is 347 g/mol. The van der Waals surface area contributed by atoms with Crippen LogP contribution >= 0.6 is 11.6 Å². The Hall–Kier alpha value is -2.13. The molecule has 0 aliphatic rings. The fourth-order valence-electron chi connectivity index (χ4n) is 2.26. The van der Waals surface area contributed by atoms with Gasteiger partial charge in [-0.25, -0.2) is 0 Å². The molecule has 0 atom stereocenters. The van der Waals surface area contributed by atoms with Gasteiger partial charge in [0, 0.05) is 11.4 Å². The van der Waals surface area contributed by atoms with Gasteiger partial charge in [-0.3, -0.25) is 0 Å². The zero-order valence-corrected chi connectivity index (χ0v) is 14.9. The normalized spacial score (nSPS) is 10.3. The fraction of sp³-hybridized carbons (Fsp3) is 0.300. The third kappa shape index (κ3) is 5.20. The first-order valence-corrected chi connectivity index (χ1v) is 8.31. The molecule has 0 aliphatic carbocycles. The van der Waals surface area contributed by atoms with Crippen molar-refractivity contribution in [3.63, 3.8) is 0 Å². The highest BCUT2D eigenvalue weighted by Crippen LogP contribution is 2.28. The van der Waals surface area contributed by atoms with E-state index in [1.165, 1.54) is 0 Å². The van der Waals surface area contributed by atoms with Crippen molar-refractivity contribution in [2.45, 2.75) is 19.8 Å². The first kappa shape index (κ1) is 18.2. The Morgan fingerprint density at radius 3 is 2.54 bits per heavy atom. The third-order valence-corrected chi connectivity index (χ3v) is 3.98. The summed E-state index contributed by atoms with van der Waals surface area (Å²) in [5, 5.41) is 0.748. The Morgan fingerprint density at radius 1 is 1.04 bits per heavy atom. The molecule has 2 aromatic carbocycles. The van der Waals surface area contributed by atoms with E-state index in [0.717, 1.165) is 46.2 Å². The first-order valence-electron chi connectivity index (χ1n) is 7.93. The molecule has 0 aliphatic heterocycles. The second-order valence-electron chi connectivity index (χ2n) is 5.44. The highest BCUT2D eigenvalue weighted by molar-refractivity contribution is 6.31. The molecule has 0 radical (unpaired) electrons.